The molecule has 94 valence electrons. The molecule has 1 fully saturated rings. The van der Waals surface area contributed by atoms with Crippen molar-refractivity contribution in [3.8, 4) is 0 Å². The van der Waals surface area contributed by atoms with Gasteiger partial charge in [0.1, 0.15) is 4.34 Å². The van der Waals surface area contributed by atoms with Crippen LogP contribution in [0, 0.1) is 0 Å². The summed E-state index contributed by atoms with van der Waals surface area (Å²) in [6, 6.07) is 2.03. The van der Waals surface area contributed by atoms with Crippen LogP contribution in [0.2, 0.25) is 8.67 Å². The Balaban J connectivity index is 2.17. The summed E-state index contributed by atoms with van der Waals surface area (Å²) in [4.78, 5) is 14.3. The predicted molar refractivity (Wildman–Crippen MR) is 76.8 cm³/mol. The second-order valence-corrected chi connectivity index (χ2v) is 7.09. The van der Waals surface area contributed by atoms with Gasteiger partial charge in [-0.15, -0.1) is 11.3 Å². The zero-order valence-electron chi connectivity index (χ0n) is 9.09. The average molecular weight is 357 g/mol. The first-order valence-corrected chi connectivity index (χ1v) is 8.14. The third kappa shape index (κ3) is 2.98. The van der Waals surface area contributed by atoms with Gasteiger partial charge in [-0.1, -0.05) is 39.1 Å². The smallest absolute Gasteiger partial charge is 0.256 e. The molecule has 1 heterocycles. The second kappa shape index (κ2) is 5.91. The number of rotatable bonds is 4. The highest BCUT2D eigenvalue weighted by Crippen LogP contribution is 2.34. The van der Waals surface area contributed by atoms with Crippen LogP contribution >= 0.6 is 50.5 Å². The third-order valence-electron chi connectivity index (χ3n) is 2.99. The summed E-state index contributed by atoms with van der Waals surface area (Å²) in [7, 11) is 0. The SMILES string of the molecule is O=C(c1cc(Cl)sc1Cl)N(CCBr)C1CCC1. The minimum atomic E-state index is 0.00213. The van der Waals surface area contributed by atoms with E-state index in [-0.39, 0.29) is 5.91 Å². The molecule has 1 aliphatic rings. The van der Waals surface area contributed by atoms with E-state index in [0.29, 0.717) is 26.8 Å². The maximum atomic E-state index is 12.4. The first-order valence-electron chi connectivity index (χ1n) is 5.45. The van der Waals surface area contributed by atoms with Gasteiger partial charge in [-0.2, -0.15) is 0 Å². The fourth-order valence-electron chi connectivity index (χ4n) is 1.88. The molecule has 17 heavy (non-hydrogen) atoms. The van der Waals surface area contributed by atoms with Crippen molar-refractivity contribution in [1.29, 1.82) is 0 Å². The molecule has 0 N–H and O–H groups in total. The van der Waals surface area contributed by atoms with E-state index in [2.05, 4.69) is 15.9 Å². The quantitative estimate of drug-likeness (QED) is 0.730. The van der Waals surface area contributed by atoms with Crippen LogP contribution < -0.4 is 0 Å². The summed E-state index contributed by atoms with van der Waals surface area (Å²) in [5.74, 6) is 0.00213. The summed E-state index contributed by atoms with van der Waals surface area (Å²) < 4.78 is 1.05. The van der Waals surface area contributed by atoms with Crippen molar-refractivity contribution in [3.63, 3.8) is 0 Å². The van der Waals surface area contributed by atoms with Gasteiger partial charge in [0.15, 0.2) is 0 Å². The zero-order chi connectivity index (χ0) is 12.4. The number of carbonyl (C=O) groups excluding carboxylic acids is 1. The van der Waals surface area contributed by atoms with Gasteiger partial charge < -0.3 is 4.90 Å². The van der Waals surface area contributed by atoms with Crippen molar-refractivity contribution in [2.45, 2.75) is 25.3 Å². The number of hydrogen-bond donors (Lipinski definition) is 0. The van der Waals surface area contributed by atoms with Gasteiger partial charge in [-0.3, -0.25) is 4.79 Å². The van der Waals surface area contributed by atoms with E-state index < -0.39 is 0 Å². The molecule has 2 nitrogen and oxygen atoms in total. The van der Waals surface area contributed by atoms with Crippen molar-refractivity contribution in [1.82, 2.24) is 4.90 Å². The Bertz CT molecular complexity index is 420. The predicted octanol–water partition coefficient (Wildman–Crippen LogP) is 4.44. The summed E-state index contributed by atoms with van der Waals surface area (Å²) in [6.07, 6.45) is 3.39. The number of thiophene rings is 1. The largest absolute Gasteiger partial charge is 0.335 e. The first kappa shape index (κ1) is 13.7. The van der Waals surface area contributed by atoms with Crippen LogP contribution in [0.5, 0.6) is 0 Å². The van der Waals surface area contributed by atoms with Gasteiger partial charge in [0.2, 0.25) is 0 Å². The molecule has 1 aliphatic carbocycles. The van der Waals surface area contributed by atoms with Crippen LogP contribution in [0.3, 0.4) is 0 Å². The second-order valence-electron chi connectivity index (χ2n) is 4.01. The van der Waals surface area contributed by atoms with Gasteiger partial charge in [-0.25, -0.2) is 0 Å². The molecular weight excluding hydrogens is 345 g/mol. The lowest BCUT2D eigenvalue weighted by molar-refractivity contribution is 0.0600. The van der Waals surface area contributed by atoms with E-state index in [4.69, 9.17) is 23.2 Å². The summed E-state index contributed by atoms with van der Waals surface area (Å²) in [6.45, 7) is 0.716. The molecule has 0 saturated heterocycles. The van der Waals surface area contributed by atoms with Crippen LogP contribution in [0.1, 0.15) is 29.6 Å². The molecule has 1 aromatic rings. The molecule has 6 heteroatoms. The van der Waals surface area contributed by atoms with Crippen molar-refractivity contribution >= 4 is 56.4 Å². The summed E-state index contributed by atoms with van der Waals surface area (Å²) in [5.41, 5.74) is 0.537. The average Bonchev–Trinajstić information content (AvgIpc) is 2.53. The Morgan fingerprint density at radius 3 is 2.65 bits per heavy atom. The zero-order valence-corrected chi connectivity index (χ0v) is 13.0. The molecule has 1 saturated carbocycles. The number of nitrogens with zero attached hydrogens (tertiary/aromatic N) is 1. The van der Waals surface area contributed by atoms with E-state index in [0.717, 1.165) is 18.2 Å². The van der Waals surface area contributed by atoms with Crippen molar-refractivity contribution < 1.29 is 4.79 Å². The molecule has 0 aromatic carbocycles. The Hall–Kier alpha value is 0.230. The number of carbonyl (C=O) groups is 1. The molecule has 0 bridgehead atoms. The van der Waals surface area contributed by atoms with Crippen LogP contribution in [0.15, 0.2) is 6.07 Å². The van der Waals surface area contributed by atoms with Crippen molar-refractivity contribution in [2.75, 3.05) is 11.9 Å². The van der Waals surface area contributed by atoms with Crippen molar-refractivity contribution in [3.05, 3.63) is 20.3 Å². The normalized spacial score (nSPS) is 15.7. The Morgan fingerprint density at radius 2 is 2.24 bits per heavy atom. The molecule has 0 aliphatic heterocycles. The molecule has 0 radical (unpaired) electrons. The fourth-order valence-corrected chi connectivity index (χ4v) is 3.71. The lowest BCUT2D eigenvalue weighted by atomic mass is 9.91. The molecule has 1 amide bonds. The lowest BCUT2D eigenvalue weighted by Gasteiger charge is -2.37. The molecule has 0 spiro atoms. The molecular formula is C11H12BrCl2NOS. The number of hydrogen-bond acceptors (Lipinski definition) is 2. The molecule has 2 rings (SSSR count). The lowest BCUT2D eigenvalue weighted by Crippen LogP contribution is -2.45. The van der Waals surface area contributed by atoms with E-state index in [1.807, 2.05) is 4.90 Å². The highest BCUT2D eigenvalue weighted by atomic mass is 79.9. The Morgan fingerprint density at radius 1 is 1.53 bits per heavy atom. The van der Waals surface area contributed by atoms with Crippen LogP contribution in [-0.2, 0) is 0 Å². The van der Waals surface area contributed by atoms with Crippen LogP contribution in [0.4, 0.5) is 0 Å². The van der Waals surface area contributed by atoms with Gasteiger partial charge in [0, 0.05) is 17.9 Å². The highest BCUT2D eigenvalue weighted by molar-refractivity contribution is 9.09. The van der Waals surface area contributed by atoms with Gasteiger partial charge in [-0.05, 0) is 25.3 Å². The van der Waals surface area contributed by atoms with Crippen LogP contribution in [-0.4, -0.2) is 28.7 Å². The van der Waals surface area contributed by atoms with Gasteiger partial charge >= 0.3 is 0 Å². The molecule has 0 unspecified atom stereocenters. The monoisotopic (exact) mass is 355 g/mol. The topological polar surface area (TPSA) is 20.3 Å². The van der Waals surface area contributed by atoms with Gasteiger partial charge in [0.05, 0.1) is 9.90 Å². The van der Waals surface area contributed by atoms with Crippen LogP contribution in [0.25, 0.3) is 0 Å². The summed E-state index contributed by atoms with van der Waals surface area (Å²) >= 11 is 16.5. The summed E-state index contributed by atoms with van der Waals surface area (Å²) in [5, 5.41) is 0.782. The first-order chi connectivity index (χ1) is 8.13. The Kier molecular flexibility index (Phi) is 4.75. The van der Waals surface area contributed by atoms with E-state index in [1.165, 1.54) is 17.8 Å². The number of amides is 1. The standard InChI is InChI=1S/C11H12BrCl2NOS/c12-4-5-15(7-2-1-3-7)11(16)8-6-9(13)17-10(8)14/h6-7H,1-5H2. The highest BCUT2D eigenvalue weighted by Gasteiger charge is 2.30. The minimum Gasteiger partial charge on any atom is -0.335 e. The molecule has 1 aromatic heterocycles. The number of halogens is 3. The van der Waals surface area contributed by atoms with Gasteiger partial charge in [0.25, 0.3) is 5.91 Å². The Labute approximate surface area is 123 Å². The maximum absolute atomic E-state index is 12.4. The molecule has 0 atom stereocenters. The third-order valence-corrected chi connectivity index (χ3v) is 4.83. The van der Waals surface area contributed by atoms with E-state index >= 15 is 0 Å². The minimum absolute atomic E-state index is 0.00213. The van der Waals surface area contributed by atoms with Crippen molar-refractivity contribution in [2.24, 2.45) is 0 Å². The number of alkyl halides is 1. The van der Waals surface area contributed by atoms with E-state index in [9.17, 15) is 4.79 Å². The van der Waals surface area contributed by atoms with E-state index in [1.54, 1.807) is 6.07 Å². The maximum Gasteiger partial charge on any atom is 0.256 e. The fraction of sp³-hybridized carbons (Fsp3) is 0.545.